The van der Waals surface area contributed by atoms with Gasteiger partial charge in [-0.3, -0.25) is 9.59 Å². The average molecular weight is 459 g/mol. The number of ketones is 1. The lowest BCUT2D eigenvalue weighted by molar-refractivity contribution is -0.121. The molecule has 7 nitrogen and oxygen atoms in total. The molecule has 0 spiro atoms. The van der Waals surface area contributed by atoms with Gasteiger partial charge in [-0.1, -0.05) is 25.0 Å². The molecule has 0 atom stereocenters. The van der Waals surface area contributed by atoms with Crippen molar-refractivity contribution in [2.45, 2.75) is 55.9 Å². The highest BCUT2D eigenvalue weighted by molar-refractivity contribution is 7.89. The summed E-state index contributed by atoms with van der Waals surface area (Å²) in [6.45, 7) is 0.419. The highest BCUT2D eigenvalue weighted by Gasteiger charge is 2.22. The van der Waals surface area contributed by atoms with Crippen molar-refractivity contribution in [3.05, 3.63) is 59.7 Å². The smallest absolute Gasteiger partial charge is 0.240 e. The quantitative estimate of drug-likeness (QED) is 0.504. The summed E-state index contributed by atoms with van der Waals surface area (Å²) in [4.78, 5) is 24.5. The van der Waals surface area contributed by atoms with Crippen molar-refractivity contribution in [1.82, 2.24) is 10.0 Å². The van der Waals surface area contributed by atoms with E-state index in [4.69, 9.17) is 4.74 Å². The highest BCUT2D eigenvalue weighted by atomic mass is 32.2. The summed E-state index contributed by atoms with van der Waals surface area (Å²) in [5.74, 6) is 0.396. The summed E-state index contributed by atoms with van der Waals surface area (Å²) in [5, 5.41) is 2.81. The Bertz CT molecular complexity index is 1010. The van der Waals surface area contributed by atoms with E-state index in [0.29, 0.717) is 24.3 Å². The van der Waals surface area contributed by atoms with Crippen molar-refractivity contribution in [3.63, 3.8) is 0 Å². The van der Waals surface area contributed by atoms with Gasteiger partial charge < -0.3 is 10.1 Å². The van der Waals surface area contributed by atoms with Crippen LogP contribution in [0.25, 0.3) is 0 Å². The summed E-state index contributed by atoms with van der Waals surface area (Å²) in [6.07, 6.45) is 4.74. The molecule has 2 N–H and O–H groups in total. The largest absolute Gasteiger partial charge is 0.497 e. The SMILES string of the molecule is COc1ccc(C(=O)CCC(=O)NCCc2ccc(S(=O)(=O)NC3CCCC3)cc2)cc1. The molecule has 2 aromatic carbocycles. The summed E-state index contributed by atoms with van der Waals surface area (Å²) >= 11 is 0. The minimum atomic E-state index is -3.50. The van der Waals surface area contributed by atoms with E-state index in [1.165, 1.54) is 0 Å². The third-order valence-electron chi connectivity index (χ3n) is 5.64. The topological polar surface area (TPSA) is 102 Å². The molecule has 1 fully saturated rings. The minimum absolute atomic E-state index is 0.0338. The van der Waals surface area contributed by atoms with Crippen LogP contribution in [-0.2, 0) is 21.2 Å². The number of rotatable bonds is 11. The third kappa shape index (κ3) is 6.90. The van der Waals surface area contributed by atoms with E-state index < -0.39 is 10.0 Å². The maximum atomic E-state index is 12.5. The number of sulfonamides is 1. The number of hydrogen-bond acceptors (Lipinski definition) is 5. The molecule has 1 amide bonds. The first-order chi connectivity index (χ1) is 15.4. The van der Waals surface area contributed by atoms with Gasteiger partial charge in [-0.25, -0.2) is 13.1 Å². The van der Waals surface area contributed by atoms with Gasteiger partial charge in [0, 0.05) is 31.0 Å². The molecule has 1 aliphatic carbocycles. The van der Waals surface area contributed by atoms with Gasteiger partial charge in [0.1, 0.15) is 5.75 Å². The van der Waals surface area contributed by atoms with Gasteiger partial charge in [0.25, 0.3) is 0 Å². The molecule has 1 aliphatic rings. The Morgan fingerprint density at radius 2 is 1.62 bits per heavy atom. The van der Waals surface area contributed by atoms with Crippen LogP contribution in [0.1, 0.15) is 54.4 Å². The molecule has 172 valence electrons. The van der Waals surface area contributed by atoms with E-state index in [0.717, 1.165) is 31.2 Å². The number of hydrogen-bond donors (Lipinski definition) is 2. The first-order valence-electron chi connectivity index (χ1n) is 10.9. The number of Topliss-reactive ketones (excluding diaryl/α,β-unsaturated/α-hetero) is 1. The number of amides is 1. The van der Waals surface area contributed by atoms with E-state index >= 15 is 0 Å². The van der Waals surface area contributed by atoms with Crippen LogP contribution in [0.2, 0.25) is 0 Å². The first kappa shape index (κ1) is 23.9. The lowest BCUT2D eigenvalue weighted by Gasteiger charge is -2.13. The molecule has 0 radical (unpaired) electrons. The standard InChI is InChI=1S/C24H30N2O5S/c1-31-21-10-8-19(9-11-21)23(27)14-15-24(28)25-17-16-18-6-12-22(13-7-18)32(29,30)26-20-4-2-3-5-20/h6-13,20,26H,2-5,14-17H2,1H3,(H,25,28). The number of carbonyl (C=O) groups is 2. The van der Waals surface area contributed by atoms with E-state index in [-0.39, 0.29) is 35.5 Å². The van der Waals surface area contributed by atoms with Gasteiger partial charge in [0.15, 0.2) is 5.78 Å². The van der Waals surface area contributed by atoms with Gasteiger partial charge in [0.05, 0.1) is 12.0 Å². The van der Waals surface area contributed by atoms with E-state index in [1.807, 2.05) is 0 Å². The number of ether oxygens (including phenoxy) is 1. The Hall–Kier alpha value is -2.71. The maximum Gasteiger partial charge on any atom is 0.240 e. The Labute approximate surface area is 189 Å². The molecule has 0 saturated heterocycles. The lowest BCUT2D eigenvalue weighted by atomic mass is 10.1. The molecular weight excluding hydrogens is 428 g/mol. The van der Waals surface area contributed by atoms with Crippen LogP contribution in [0.5, 0.6) is 5.75 Å². The molecule has 2 aromatic rings. The Kier molecular flexibility index (Phi) is 8.41. The summed E-state index contributed by atoms with van der Waals surface area (Å²) < 4.78 is 32.8. The van der Waals surface area contributed by atoms with Gasteiger partial charge in [-0.05, 0) is 61.2 Å². The predicted octanol–water partition coefficient (Wildman–Crippen LogP) is 3.24. The minimum Gasteiger partial charge on any atom is -0.497 e. The van der Waals surface area contributed by atoms with Gasteiger partial charge in [0.2, 0.25) is 15.9 Å². The van der Waals surface area contributed by atoms with E-state index in [2.05, 4.69) is 10.0 Å². The van der Waals surface area contributed by atoms with Gasteiger partial charge in [-0.15, -0.1) is 0 Å². The number of nitrogens with one attached hydrogen (secondary N) is 2. The normalized spacial score (nSPS) is 14.3. The second kappa shape index (κ2) is 11.2. The fraction of sp³-hybridized carbons (Fsp3) is 0.417. The van der Waals surface area contributed by atoms with Crippen molar-refractivity contribution in [2.24, 2.45) is 0 Å². The zero-order valence-electron chi connectivity index (χ0n) is 18.3. The van der Waals surface area contributed by atoms with Gasteiger partial charge in [-0.2, -0.15) is 0 Å². The fourth-order valence-corrected chi connectivity index (χ4v) is 5.05. The molecule has 0 unspecified atom stereocenters. The Morgan fingerprint density at radius 1 is 0.969 bits per heavy atom. The first-order valence-corrected chi connectivity index (χ1v) is 12.4. The van der Waals surface area contributed by atoms with Crippen LogP contribution in [0.4, 0.5) is 0 Å². The van der Waals surface area contributed by atoms with Crippen molar-refractivity contribution < 1.29 is 22.7 Å². The molecule has 0 bridgehead atoms. The number of benzene rings is 2. The number of methoxy groups -OCH3 is 1. The van der Waals surface area contributed by atoms with Crippen molar-refractivity contribution >= 4 is 21.7 Å². The van der Waals surface area contributed by atoms with Crippen LogP contribution in [-0.4, -0.2) is 39.8 Å². The Morgan fingerprint density at radius 3 is 2.25 bits per heavy atom. The molecule has 8 heteroatoms. The molecule has 32 heavy (non-hydrogen) atoms. The molecular formula is C24H30N2O5S. The second-order valence-electron chi connectivity index (χ2n) is 8.00. The van der Waals surface area contributed by atoms with Crippen LogP contribution in [0.15, 0.2) is 53.4 Å². The van der Waals surface area contributed by atoms with Gasteiger partial charge >= 0.3 is 0 Å². The van der Waals surface area contributed by atoms with Crippen LogP contribution >= 0.6 is 0 Å². The average Bonchev–Trinajstić information content (AvgIpc) is 3.30. The Balaban J connectivity index is 1.39. The van der Waals surface area contributed by atoms with Crippen molar-refractivity contribution in [3.8, 4) is 5.75 Å². The second-order valence-corrected chi connectivity index (χ2v) is 9.71. The van der Waals surface area contributed by atoms with Crippen molar-refractivity contribution in [1.29, 1.82) is 0 Å². The maximum absolute atomic E-state index is 12.5. The zero-order valence-corrected chi connectivity index (χ0v) is 19.1. The molecule has 0 heterocycles. The zero-order chi connectivity index (χ0) is 23.0. The summed E-state index contributed by atoms with van der Waals surface area (Å²) in [7, 11) is -1.93. The highest BCUT2D eigenvalue weighted by Crippen LogP contribution is 2.20. The third-order valence-corrected chi connectivity index (χ3v) is 7.17. The molecule has 0 aliphatic heterocycles. The van der Waals surface area contributed by atoms with Crippen molar-refractivity contribution in [2.75, 3.05) is 13.7 Å². The molecule has 1 saturated carbocycles. The fourth-order valence-electron chi connectivity index (χ4n) is 3.75. The predicted molar refractivity (Wildman–Crippen MR) is 122 cm³/mol. The lowest BCUT2D eigenvalue weighted by Crippen LogP contribution is -2.32. The molecule has 0 aromatic heterocycles. The van der Waals surface area contributed by atoms with Crippen LogP contribution < -0.4 is 14.8 Å². The summed E-state index contributed by atoms with van der Waals surface area (Å²) in [6, 6.07) is 13.6. The monoisotopic (exact) mass is 458 g/mol. The van der Waals surface area contributed by atoms with E-state index in [1.54, 1.807) is 55.6 Å². The van der Waals surface area contributed by atoms with Crippen LogP contribution in [0.3, 0.4) is 0 Å². The molecule has 3 rings (SSSR count). The number of carbonyl (C=O) groups excluding carboxylic acids is 2. The summed E-state index contributed by atoms with van der Waals surface area (Å²) in [5.41, 5.74) is 1.48. The van der Waals surface area contributed by atoms with E-state index in [9.17, 15) is 18.0 Å². The van der Waals surface area contributed by atoms with Crippen LogP contribution in [0, 0.1) is 0 Å².